The first-order valence-corrected chi connectivity index (χ1v) is 8.70. The Balaban J connectivity index is 1.84. The first-order valence-electron chi connectivity index (χ1n) is 8.32. The molecule has 1 N–H and O–H groups in total. The number of carbonyl (C=O) groups is 1. The fourth-order valence-electron chi connectivity index (χ4n) is 2.68. The number of nitrogens with one attached hydrogen (secondary N) is 1. The van der Waals surface area contributed by atoms with E-state index in [1.807, 2.05) is 0 Å². The summed E-state index contributed by atoms with van der Waals surface area (Å²) in [5, 5.41) is 6.11. The molecule has 0 saturated carbocycles. The minimum atomic E-state index is -4.90. The second-order valence-electron chi connectivity index (χ2n) is 6.17. The van der Waals surface area contributed by atoms with Crippen LogP contribution in [0.1, 0.15) is 27.2 Å². The van der Waals surface area contributed by atoms with Crippen LogP contribution < -0.4 is 5.32 Å². The van der Waals surface area contributed by atoms with Gasteiger partial charge < -0.3 is 5.32 Å². The van der Waals surface area contributed by atoms with E-state index in [0.717, 1.165) is 30.5 Å². The first kappa shape index (κ1) is 21.7. The number of nitrogens with zero attached hydrogens (tertiary/aromatic N) is 2. The fraction of sp³-hybridized carbons (Fsp3) is 0.158. The summed E-state index contributed by atoms with van der Waals surface area (Å²) < 4.78 is 79.2. The van der Waals surface area contributed by atoms with Crippen molar-refractivity contribution >= 4 is 17.5 Å². The average molecular weight is 448 g/mol. The molecule has 0 aliphatic rings. The van der Waals surface area contributed by atoms with Crippen molar-refractivity contribution < 1.29 is 31.1 Å². The Morgan fingerprint density at radius 2 is 1.67 bits per heavy atom. The zero-order chi connectivity index (χ0) is 22.1. The van der Waals surface area contributed by atoms with E-state index in [0.29, 0.717) is 4.68 Å². The lowest BCUT2D eigenvalue weighted by Gasteiger charge is -2.13. The first-order chi connectivity index (χ1) is 14.0. The molecule has 0 fully saturated rings. The smallest absolute Gasteiger partial charge is 0.348 e. The molecule has 0 bridgehead atoms. The molecule has 3 aromatic rings. The Hall–Kier alpha value is -3.01. The van der Waals surface area contributed by atoms with Crippen LogP contribution in [-0.2, 0) is 18.9 Å². The maximum absolute atomic E-state index is 13.6. The number of rotatable bonds is 4. The number of benzene rings is 2. The van der Waals surface area contributed by atoms with Gasteiger partial charge in [0.1, 0.15) is 0 Å². The largest absolute Gasteiger partial charge is 0.434 e. The molecule has 0 unspecified atom stereocenters. The highest BCUT2D eigenvalue weighted by Crippen LogP contribution is 2.34. The Morgan fingerprint density at radius 3 is 2.23 bits per heavy atom. The molecule has 158 valence electrons. The molecule has 1 aromatic heterocycles. The van der Waals surface area contributed by atoms with Gasteiger partial charge in [-0.25, -0.2) is 4.68 Å². The molecule has 30 heavy (non-hydrogen) atoms. The van der Waals surface area contributed by atoms with Crippen molar-refractivity contribution in [2.75, 3.05) is 0 Å². The van der Waals surface area contributed by atoms with Gasteiger partial charge >= 0.3 is 12.4 Å². The van der Waals surface area contributed by atoms with Crippen LogP contribution in [0.25, 0.3) is 5.69 Å². The summed E-state index contributed by atoms with van der Waals surface area (Å²) in [7, 11) is 0. The summed E-state index contributed by atoms with van der Waals surface area (Å²) in [4.78, 5) is 12.4. The molecule has 0 radical (unpaired) electrons. The van der Waals surface area contributed by atoms with Crippen LogP contribution in [-0.4, -0.2) is 15.7 Å². The number of amides is 1. The molecule has 0 saturated heterocycles. The monoisotopic (exact) mass is 447 g/mol. The fourth-order valence-corrected chi connectivity index (χ4v) is 2.86. The van der Waals surface area contributed by atoms with Crippen molar-refractivity contribution in [2.45, 2.75) is 18.9 Å². The number of alkyl halides is 6. The van der Waals surface area contributed by atoms with Gasteiger partial charge in [-0.3, -0.25) is 4.79 Å². The summed E-state index contributed by atoms with van der Waals surface area (Å²) in [6.45, 7) is -0.267. The summed E-state index contributed by atoms with van der Waals surface area (Å²) in [5.74, 6) is -1.07. The van der Waals surface area contributed by atoms with Crippen molar-refractivity contribution in [2.24, 2.45) is 0 Å². The third kappa shape index (κ3) is 4.76. The highest BCUT2D eigenvalue weighted by molar-refractivity contribution is 6.30. The van der Waals surface area contributed by atoms with Crippen LogP contribution in [0.4, 0.5) is 26.3 Å². The van der Waals surface area contributed by atoms with Crippen molar-refractivity contribution in [3.63, 3.8) is 0 Å². The normalized spacial score (nSPS) is 12.1. The lowest BCUT2D eigenvalue weighted by Crippen LogP contribution is -2.26. The van der Waals surface area contributed by atoms with Crippen LogP contribution >= 0.6 is 11.6 Å². The summed E-state index contributed by atoms with van der Waals surface area (Å²) in [5.41, 5.74) is -2.60. The molecule has 4 nitrogen and oxygen atoms in total. The Bertz CT molecular complexity index is 1060. The molecular weight excluding hydrogens is 436 g/mol. The topological polar surface area (TPSA) is 46.9 Å². The van der Waals surface area contributed by atoms with E-state index in [9.17, 15) is 31.1 Å². The molecule has 2 aromatic carbocycles. The summed E-state index contributed by atoms with van der Waals surface area (Å²) in [6, 6.07) is 9.40. The number of aromatic nitrogens is 2. The number of halogens is 7. The zero-order valence-electron chi connectivity index (χ0n) is 14.9. The molecule has 1 amide bonds. The van der Waals surface area contributed by atoms with Crippen molar-refractivity contribution in [1.82, 2.24) is 15.1 Å². The van der Waals surface area contributed by atoms with E-state index in [4.69, 9.17) is 11.6 Å². The molecular formula is C19H12ClF6N3O. The molecule has 1 heterocycles. The van der Waals surface area contributed by atoms with E-state index < -0.39 is 35.1 Å². The van der Waals surface area contributed by atoms with Gasteiger partial charge in [0.2, 0.25) is 0 Å². The van der Waals surface area contributed by atoms with Gasteiger partial charge in [-0.2, -0.15) is 31.4 Å². The average Bonchev–Trinajstić information content (AvgIpc) is 3.11. The summed E-state index contributed by atoms with van der Waals surface area (Å²) >= 11 is 5.82. The van der Waals surface area contributed by atoms with Crippen LogP contribution in [0.5, 0.6) is 0 Å². The molecule has 0 spiro atoms. The maximum Gasteiger partial charge on any atom is 0.434 e. The van der Waals surface area contributed by atoms with Gasteiger partial charge in [-0.1, -0.05) is 29.8 Å². The van der Waals surface area contributed by atoms with Gasteiger partial charge in [-0.15, -0.1) is 0 Å². The van der Waals surface area contributed by atoms with Crippen LogP contribution in [0, 0.1) is 0 Å². The van der Waals surface area contributed by atoms with E-state index in [-0.39, 0.29) is 22.8 Å². The van der Waals surface area contributed by atoms with Gasteiger partial charge in [0, 0.05) is 11.6 Å². The van der Waals surface area contributed by atoms with Crippen molar-refractivity contribution in [3.05, 3.63) is 82.1 Å². The minimum absolute atomic E-state index is 0.0108. The Labute approximate surface area is 171 Å². The van der Waals surface area contributed by atoms with E-state index in [1.165, 1.54) is 24.3 Å². The van der Waals surface area contributed by atoms with E-state index in [1.54, 1.807) is 0 Å². The Morgan fingerprint density at radius 1 is 1.00 bits per heavy atom. The standard InChI is InChI=1S/C19H12ClF6N3O/c20-13-2-1-3-14(8-13)29-16(19(24,25)26)15(10-28-29)17(30)27-9-11-4-6-12(7-5-11)18(21,22)23/h1-8,10H,9H2,(H,27,30). The molecule has 11 heteroatoms. The quantitative estimate of drug-likeness (QED) is 0.537. The highest BCUT2D eigenvalue weighted by atomic mass is 35.5. The van der Waals surface area contributed by atoms with Gasteiger partial charge in [0.05, 0.1) is 23.0 Å². The predicted octanol–water partition coefficient (Wildman–Crippen LogP) is 5.49. The minimum Gasteiger partial charge on any atom is -0.348 e. The van der Waals surface area contributed by atoms with Crippen LogP contribution in [0.15, 0.2) is 54.7 Å². The SMILES string of the molecule is O=C(NCc1ccc(C(F)(F)F)cc1)c1cnn(-c2cccc(Cl)c2)c1C(F)(F)F. The van der Waals surface area contributed by atoms with E-state index >= 15 is 0 Å². The molecule has 0 atom stereocenters. The highest BCUT2D eigenvalue weighted by Gasteiger charge is 2.40. The second-order valence-corrected chi connectivity index (χ2v) is 6.61. The second kappa shape index (κ2) is 8.02. The number of hydrogen-bond donors (Lipinski definition) is 1. The van der Waals surface area contributed by atoms with Crippen LogP contribution in [0.3, 0.4) is 0 Å². The van der Waals surface area contributed by atoms with Crippen molar-refractivity contribution in [1.29, 1.82) is 0 Å². The molecule has 3 rings (SSSR count). The predicted molar refractivity (Wildman–Crippen MR) is 96.2 cm³/mol. The molecule has 0 aliphatic carbocycles. The van der Waals surface area contributed by atoms with Gasteiger partial charge in [-0.05, 0) is 35.9 Å². The van der Waals surface area contributed by atoms with Crippen LogP contribution in [0.2, 0.25) is 5.02 Å². The van der Waals surface area contributed by atoms with E-state index in [2.05, 4.69) is 10.4 Å². The summed E-state index contributed by atoms with van der Waals surface area (Å²) in [6.07, 6.45) is -8.65. The zero-order valence-corrected chi connectivity index (χ0v) is 15.6. The number of hydrogen-bond acceptors (Lipinski definition) is 2. The van der Waals surface area contributed by atoms with Gasteiger partial charge in [0.15, 0.2) is 5.69 Å². The maximum atomic E-state index is 13.6. The third-order valence-electron chi connectivity index (χ3n) is 4.07. The lowest BCUT2D eigenvalue weighted by atomic mass is 10.1. The lowest BCUT2D eigenvalue weighted by molar-refractivity contribution is -0.143. The third-order valence-corrected chi connectivity index (χ3v) is 4.30. The van der Waals surface area contributed by atoms with Gasteiger partial charge in [0.25, 0.3) is 5.91 Å². The molecule has 0 aliphatic heterocycles. The number of carbonyl (C=O) groups excluding carboxylic acids is 1. The van der Waals surface area contributed by atoms with Crippen molar-refractivity contribution in [3.8, 4) is 5.69 Å². The Kier molecular flexibility index (Phi) is 5.80.